The molecular weight excluding hydrogens is 142 g/mol. The SMILES string of the molecule is O=C1CNCCN1C1CNC1. The fraction of sp³-hybridized carbons (Fsp3) is 0.857. The second-order valence-corrected chi connectivity index (χ2v) is 3.08. The van der Waals surface area contributed by atoms with Crippen molar-refractivity contribution in [3.05, 3.63) is 0 Å². The van der Waals surface area contributed by atoms with Crippen molar-refractivity contribution < 1.29 is 4.79 Å². The summed E-state index contributed by atoms with van der Waals surface area (Å²) >= 11 is 0. The van der Waals surface area contributed by atoms with Crippen LogP contribution >= 0.6 is 0 Å². The molecule has 11 heavy (non-hydrogen) atoms. The molecule has 4 heteroatoms. The number of nitrogens with zero attached hydrogens (tertiary/aromatic N) is 1. The van der Waals surface area contributed by atoms with Gasteiger partial charge in [0.1, 0.15) is 0 Å². The van der Waals surface area contributed by atoms with Crippen LogP contribution in [0.5, 0.6) is 0 Å². The van der Waals surface area contributed by atoms with E-state index in [1.165, 1.54) is 0 Å². The molecule has 2 N–H and O–H groups in total. The lowest BCUT2D eigenvalue weighted by atomic mass is 10.1. The van der Waals surface area contributed by atoms with Gasteiger partial charge >= 0.3 is 0 Å². The van der Waals surface area contributed by atoms with Crippen molar-refractivity contribution in [3.63, 3.8) is 0 Å². The van der Waals surface area contributed by atoms with Gasteiger partial charge in [0.25, 0.3) is 0 Å². The molecule has 0 aromatic rings. The van der Waals surface area contributed by atoms with Gasteiger partial charge in [0.05, 0.1) is 12.6 Å². The molecule has 0 aliphatic carbocycles. The quantitative estimate of drug-likeness (QED) is 0.479. The van der Waals surface area contributed by atoms with Crippen LogP contribution in [0.15, 0.2) is 0 Å². The number of rotatable bonds is 1. The molecule has 0 spiro atoms. The molecule has 0 saturated carbocycles. The van der Waals surface area contributed by atoms with Gasteiger partial charge in [-0.05, 0) is 0 Å². The zero-order chi connectivity index (χ0) is 7.68. The minimum Gasteiger partial charge on any atom is -0.335 e. The first-order chi connectivity index (χ1) is 5.38. The summed E-state index contributed by atoms with van der Waals surface area (Å²) in [6.07, 6.45) is 0. The standard InChI is InChI=1S/C7H13N3O/c11-7-5-8-1-2-10(7)6-3-9-4-6/h6,8-9H,1-5H2. The van der Waals surface area contributed by atoms with Gasteiger partial charge in [-0.3, -0.25) is 4.79 Å². The maximum Gasteiger partial charge on any atom is 0.236 e. The van der Waals surface area contributed by atoms with Crippen LogP contribution in [-0.2, 0) is 4.79 Å². The Morgan fingerprint density at radius 3 is 2.73 bits per heavy atom. The Labute approximate surface area is 65.9 Å². The van der Waals surface area contributed by atoms with Crippen LogP contribution in [-0.4, -0.2) is 49.6 Å². The van der Waals surface area contributed by atoms with E-state index in [1.807, 2.05) is 4.90 Å². The summed E-state index contributed by atoms with van der Waals surface area (Å²) in [5.74, 6) is 0.253. The second kappa shape index (κ2) is 2.79. The van der Waals surface area contributed by atoms with E-state index >= 15 is 0 Å². The largest absolute Gasteiger partial charge is 0.335 e. The highest BCUT2D eigenvalue weighted by Crippen LogP contribution is 2.06. The van der Waals surface area contributed by atoms with Crippen LogP contribution in [0.2, 0.25) is 0 Å². The van der Waals surface area contributed by atoms with Gasteiger partial charge in [-0.1, -0.05) is 0 Å². The van der Waals surface area contributed by atoms with Crippen molar-refractivity contribution in [2.75, 3.05) is 32.7 Å². The van der Waals surface area contributed by atoms with Gasteiger partial charge in [0, 0.05) is 26.2 Å². The first-order valence-corrected chi connectivity index (χ1v) is 4.09. The van der Waals surface area contributed by atoms with Crippen molar-refractivity contribution in [2.45, 2.75) is 6.04 Å². The zero-order valence-corrected chi connectivity index (χ0v) is 6.47. The van der Waals surface area contributed by atoms with Crippen molar-refractivity contribution in [1.82, 2.24) is 15.5 Å². The lowest BCUT2D eigenvalue weighted by molar-refractivity contribution is -0.135. The van der Waals surface area contributed by atoms with Gasteiger partial charge in [-0.25, -0.2) is 0 Å². The van der Waals surface area contributed by atoms with E-state index in [0.717, 1.165) is 26.2 Å². The first kappa shape index (κ1) is 7.06. The molecule has 0 radical (unpaired) electrons. The number of carbonyl (C=O) groups excluding carboxylic acids is 1. The second-order valence-electron chi connectivity index (χ2n) is 3.08. The maximum absolute atomic E-state index is 11.3. The van der Waals surface area contributed by atoms with Crippen LogP contribution in [0.4, 0.5) is 0 Å². The third-order valence-electron chi connectivity index (χ3n) is 2.33. The molecule has 4 nitrogen and oxygen atoms in total. The summed E-state index contributed by atoms with van der Waals surface area (Å²) in [5, 5.41) is 6.22. The van der Waals surface area contributed by atoms with E-state index in [2.05, 4.69) is 10.6 Å². The number of piperazine rings is 1. The molecule has 2 saturated heterocycles. The Balaban J connectivity index is 1.93. The Hall–Kier alpha value is -0.610. The van der Waals surface area contributed by atoms with E-state index in [4.69, 9.17) is 0 Å². The number of nitrogens with one attached hydrogen (secondary N) is 2. The predicted octanol–water partition coefficient (Wildman–Crippen LogP) is -1.61. The average molecular weight is 155 g/mol. The summed E-state index contributed by atoms with van der Waals surface area (Å²) in [4.78, 5) is 13.2. The smallest absolute Gasteiger partial charge is 0.236 e. The molecule has 62 valence electrons. The average Bonchev–Trinajstić information content (AvgIpc) is 1.90. The highest BCUT2D eigenvalue weighted by Gasteiger charge is 2.29. The van der Waals surface area contributed by atoms with Gasteiger partial charge < -0.3 is 15.5 Å². The van der Waals surface area contributed by atoms with Gasteiger partial charge in [0.15, 0.2) is 0 Å². The lowest BCUT2D eigenvalue weighted by Gasteiger charge is -2.40. The topological polar surface area (TPSA) is 44.4 Å². The van der Waals surface area contributed by atoms with Crippen molar-refractivity contribution in [1.29, 1.82) is 0 Å². The number of hydrogen-bond acceptors (Lipinski definition) is 3. The summed E-state index contributed by atoms with van der Waals surface area (Å²) in [7, 11) is 0. The molecule has 0 bridgehead atoms. The fourth-order valence-corrected chi connectivity index (χ4v) is 1.50. The maximum atomic E-state index is 11.3. The number of hydrogen-bond donors (Lipinski definition) is 2. The highest BCUT2D eigenvalue weighted by molar-refractivity contribution is 5.79. The van der Waals surface area contributed by atoms with Gasteiger partial charge in [-0.15, -0.1) is 0 Å². The summed E-state index contributed by atoms with van der Waals surface area (Å²) in [5.41, 5.74) is 0. The van der Waals surface area contributed by atoms with E-state index in [0.29, 0.717) is 12.6 Å². The fourth-order valence-electron chi connectivity index (χ4n) is 1.50. The Morgan fingerprint density at radius 2 is 2.18 bits per heavy atom. The molecule has 0 aromatic heterocycles. The summed E-state index contributed by atoms with van der Waals surface area (Å²) in [6.45, 7) is 4.31. The van der Waals surface area contributed by atoms with E-state index < -0.39 is 0 Å². The van der Waals surface area contributed by atoms with E-state index in [1.54, 1.807) is 0 Å². The van der Waals surface area contributed by atoms with Crippen LogP contribution in [0.25, 0.3) is 0 Å². The van der Waals surface area contributed by atoms with Crippen molar-refractivity contribution in [2.24, 2.45) is 0 Å². The van der Waals surface area contributed by atoms with Gasteiger partial charge in [-0.2, -0.15) is 0 Å². The Bertz CT molecular complexity index is 167. The number of carbonyl (C=O) groups is 1. The molecule has 2 rings (SSSR count). The zero-order valence-electron chi connectivity index (χ0n) is 6.47. The molecule has 0 atom stereocenters. The predicted molar refractivity (Wildman–Crippen MR) is 41.2 cm³/mol. The minimum atomic E-state index is 0.253. The Morgan fingerprint density at radius 1 is 1.36 bits per heavy atom. The number of amides is 1. The molecule has 2 aliphatic heterocycles. The van der Waals surface area contributed by atoms with Crippen LogP contribution in [0, 0.1) is 0 Å². The molecular formula is C7H13N3O. The van der Waals surface area contributed by atoms with Crippen molar-refractivity contribution >= 4 is 5.91 Å². The third kappa shape index (κ3) is 1.23. The van der Waals surface area contributed by atoms with Crippen LogP contribution in [0.3, 0.4) is 0 Å². The highest BCUT2D eigenvalue weighted by atomic mass is 16.2. The van der Waals surface area contributed by atoms with E-state index in [-0.39, 0.29) is 5.91 Å². The van der Waals surface area contributed by atoms with Crippen LogP contribution < -0.4 is 10.6 Å². The molecule has 1 amide bonds. The summed E-state index contributed by atoms with van der Waals surface area (Å²) < 4.78 is 0. The van der Waals surface area contributed by atoms with E-state index in [9.17, 15) is 4.79 Å². The minimum absolute atomic E-state index is 0.253. The molecule has 0 unspecified atom stereocenters. The Kier molecular flexibility index (Phi) is 1.79. The lowest BCUT2D eigenvalue weighted by Crippen LogP contribution is -2.63. The molecule has 2 aliphatic rings. The van der Waals surface area contributed by atoms with Crippen LogP contribution in [0.1, 0.15) is 0 Å². The van der Waals surface area contributed by atoms with Crippen molar-refractivity contribution in [3.8, 4) is 0 Å². The molecule has 0 aromatic carbocycles. The monoisotopic (exact) mass is 155 g/mol. The third-order valence-corrected chi connectivity index (χ3v) is 2.33. The molecule has 2 fully saturated rings. The summed E-state index contributed by atoms with van der Waals surface area (Å²) in [6, 6.07) is 0.476. The first-order valence-electron chi connectivity index (χ1n) is 4.09. The molecule has 2 heterocycles. The van der Waals surface area contributed by atoms with Gasteiger partial charge in [0.2, 0.25) is 5.91 Å². The normalized spacial score (nSPS) is 26.9.